The van der Waals surface area contributed by atoms with Crippen LogP contribution in [-0.2, 0) is 6.42 Å². The van der Waals surface area contributed by atoms with Crippen molar-refractivity contribution in [1.82, 2.24) is 0 Å². The van der Waals surface area contributed by atoms with Crippen molar-refractivity contribution in [2.24, 2.45) is 5.92 Å². The third-order valence-corrected chi connectivity index (χ3v) is 6.33. The summed E-state index contributed by atoms with van der Waals surface area (Å²) in [4.78, 5) is 12.5. The zero-order valence-electron chi connectivity index (χ0n) is 16.1. The second-order valence-electron chi connectivity index (χ2n) is 7.67. The van der Waals surface area contributed by atoms with Crippen LogP contribution in [0, 0.1) is 16.0 Å². The minimum absolute atomic E-state index is 0.0267. The highest BCUT2D eigenvalue weighted by atomic mass is 35.5. The first kappa shape index (κ1) is 21.8. The predicted molar refractivity (Wildman–Crippen MR) is 109 cm³/mol. The van der Waals surface area contributed by atoms with E-state index in [0.717, 1.165) is 11.3 Å². The van der Waals surface area contributed by atoms with Crippen LogP contribution in [0.25, 0.3) is 0 Å². The Labute approximate surface area is 181 Å². The number of non-ortho nitro benzene ring substituents is 1. The molecule has 1 aliphatic heterocycles. The predicted octanol–water partition coefficient (Wildman–Crippen LogP) is 0.715. The lowest BCUT2D eigenvalue weighted by molar-refractivity contribution is -0.384. The van der Waals surface area contributed by atoms with E-state index in [1.54, 1.807) is 24.3 Å². The molecule has 0 amide bonds. The van der Waals surface area contributed by atoms with Crippen molar-refractivity contribution in [2.75, 3.05) is 18.1 Å². The van der Waals surface area contributed by atoms with Crippen LogP contribution in [0.2, 0.25) is 5.02 Å². The van der Waals surface area contributed by atoms with Crippen LogP contribution in [0.15, 0.2) is 36.4 Å². The molecule has 166 valence electrons. The molecule has 0 spiro atoms. The molecule has 5 N–H and O–H groups in total. The number of ether oxygens (including phenoxy) is 1. The largest absolute Gasteiger partial charge is 0.460 e. The molecular formula is C20H21ClN2O8. The number of hydrogen-bond donors (Lipinski definition) is 5. The molecule has 1 fully saturated rings. The normalized spacial score (nSPS) is 28.1. The molecule has 2 aliphatic rings. The first-order chi connectivity index (χ1) is 14.7. The highest BCUT2D eigenvalue weighted by Crippen LogP contribution is 2.44. The first-order valence-corrected chi connectivity index (χ1v) is 9.94. The molecule has 0 bridgehead atoms. The van der Waals surface area contributed by atoms with Gasteiger partial charge < -0.3 is 35.2 Å². The van der Waals surface area contributed by atoms with Gasteiger partial charge in [0.1, 0.15) is 11.9 Å². The maximum Gasteiger partial charge on any atom is 0.269 e. The van der Waals surface area contributed by atoms with Gasteiger partial charge in [-0.1, -0.05) is 11.6 Å². The summed E-state index contributed by atoms with van der Waals surface area (Å²) in [6.07, 6.45) is -4.40. The summed E-state index contributed by atoms with van der Waals surface area (Å²) >= 11 is 6.30. The molecule has 2 aromatic carbocycles. The van der Waals surface area contributed by atoms with Gasteiger partial charge in [0.15, 0.2) is 5.60 Å². The van der Waals surface area contributed by atoms with E-state index in [-0.39, 0.29) is 16.5 Å². The van der Waals surface area contributed by atoms with E-state index in [2.05, 4.69) is 0 Å². The number of hydrogen-bond acceptors (Lipinski definition) is 9. The molecule has 1 saturated carbocycles. The lowest BCUT2D eigenvalue weighted by Gasteiger charge is -2.53. The van der Waals surface area contributed by atoms with Crippen molar-refractivity contribution in [3.8, 4) is 5.75 Å². The molecule has 1 aliphatic carbocycles. The van der Waals surface area contributed by atoms with Crippen LogP contribution in [-0.4, -0.2) is 67.7 Å². The van der Waals surface area contributed by atoms with E-state index in [0.29, 0.717) is 18.7 Å². The van der Waals surface area contributed by atoms with Gasteiger partial charge in [-0.05, 0) is 36.2 Å². The van der Waals surface area contributed by atoms with Gasteiger partial charge in [-0.2, -0.15) is 0 Å². The third kappa shape index (κ3) is 3.41. The van der Waals surface area contributed by atoms with Crippen LogP contribution >= 0.6 is 11.6 Å². The minimum atomic E-state index is -2.25. The summed E-state index contributed by atoms with van der Waals surface area (Å²) in [5, 5.41) is 60.7. The molecule has 5 atom stereocenters. The third-order valence-electron chi connectivity index (χ3n) is 6.03. The molecule has 0 radical (unpaired) electrons. The smallest absolute Gasteiger partial charge is 0.269 e. The van der Waals surface area contributed by atoms with Gasteiger partial charge in [0.05, 0.1) is 22.7 Å². The SMILES string of the molecule is O=[N+]([O-])c1ccc2c(c1)CCN2c1ccc(O[C@@H](O)C2(O)C(O)[C@H](O)C2CO)c(Cl)c1. The molecule has 0 saturated heterocycles. The first-order valence-electron chi connectivity index (χ1n) is 9.57. The average Bonchev–Trinajstić information content (AvgIpc) is 3.18. The number of fused-ring (bicyclic) bond motifs is 1. The Morgan fingerprint density at radius 1 is 1.29 bits per heavy atom. The molecule has 11 heteroatoms. The Morgan fingerprint density at radius 3 is 2.68 bits per heavy atom. The average molecular weight is 453 g/mol. The second-order valence-corrected chi connectivity index (χ2v) is 8.08. The number of halogens is 1. The van der Waals surface area contributed by atoms with E-state index in [9.17, 15) is 35.6 Å². The maximum absolute atomic E-state index is 11.0. The van der Waals surface area contributed by atoms with Gasteiger partial charge in [0.2, 0.25) is 6.29 Å². The molecular weight excluding hydrogens is 432 g/mol. The molecule has 0 aromatic heterocycles. The van der Waals surface area contributed by atoms with Gasteiger partial charge in [0.25, 0.3) is 5.69 Å². The van der Waals surface area contributed by atoms with Crippen molar-refractivity contribution in [3.63, 3.8) is 0 Å². The van der Waals surface area contributed by atoms with Crippen LogP contribution < -0.4 is 9.64 Å². The maximum atomic E-state index is 11.0. The monoisotopic (exact) mass is 452 g/mol. The zero-order chi connectivity index (χ0) is 22.5. The summed E-state index contributed by atoms with van der Waals surface area (Å²) in [6, 6.07) is 9.38. The fraction of sp³-hybridized carbons (Fsp3) is 0.400. The van der Waals surface area contributed by atoms with Crippen LogP contribution in [0.1, 0.15) is 5.56 Å². The second kappa shape index (κ2) is 7.90. The number of nitrogens with zero attached hydrogens (tertiary/aromatic N) is 2. The quantitative estimate of drug-likeness (QED) is 0.242. The molecule has 1 heterocycles. The van der Waals surface area contributed by atoms with Crippen molar-refractivity contribution in [3.05, 3.63) is 57.1 Å². The van der Waals surface area contributed by atoms with Crippen molar-refractivity contribution < 1.29 is 35.2 Å². The van der Waals surface area contributed by atoms with E-state index in [1.807, 2.05) is 4.90 Å². The van der Waals surface area contributed by atoms with Gasteiger partial charge in [-0.25, -0.2) is 0 Å². The Hall–Kier alpha value is -2.47. The number of aliphatic hydroxyl groups excluding tert-OH is 4. The molecule has 31 heavy (non-hydrogen) atoms. The zero-order valence-corrected chi connectivity index (χ0v) is 16.9. The standard InChI is InChI=1S/C20H21ClN2O8/c21-14-8-11(22-6-5-10-7-12(23(29)30)1-3-15(10)22)2-4-16(14)31-19(27)20(28)13(9-24)17(25)18(20)26/h1-4,7-8,13,17-19,24-28H,5-6,9H2/t13?,17-,18?,19-,20?/m1/s1. The summed E-state index contributed by atoms with van der Waals surface area (Å²) in [5.41, 5.74) is 0.140. The summed E-state index contributed by atoms with van der Waals surface area (Å²) in [6.45, 7) is -0.0635. The summed E-state index contributed by atoms with van der Waals surface area (Å²) in [5.74, 6) is -1.15. The van der Waals surface area contributed by atoms with Crippen molar-refractivity contribution in [2.45, 2.75) is 30.5 Å². The number of anilines is 2. The highest BCUT2D eigenvalue weighted by molar-refractivity contribution is 6.32. The van der Waals surface area contributed by atoms with E-state index >= 15 is 0 Å². The van der Waals surface area contributed by atoms with Crippen molar-refractivity contribution in [1.29, 1.82) is 0 Å². The summed E-state index contributed by atoms with van der Waals surface area (Å²) in [7, 11) is 0. The Bertz CT molecular complexity index is 1020. The van der Waals surface area contributed by atoms with E-state index < -0.39 is 41.5 Å². The lowest BCUT2D eigenvalue weighted by Crippen LogP contribution is -2.76. The molecule has 4 rings (SSSR count). The topological polar surface area (TPSA) is 157 Å². The fourth-order valence-electron chi connectivity index (χ4n) is 4.19. The number of rotatable bonds is 6. The Morgan fingerprint density at radius 2 is 2.03 bits per heavy atom. The van der Waals surface area contributed by atoms with Crippen LogP contribution in [0.5, 0.6) is 5.75 Å². The van der Waals surface area contributed by atoms with Gasteiger partial charge >= 0.3 is 0 Å². The van der Waals surface area contributed by atoms with Gasteiger partial charge in [-0.15, -0.1) is 0 Å². The number of nitro groups is 1. The fourth-order valence-corrected chi connectivity index (χ4v) is 4.41. The van der Waals surface area contributed by atoms with Crippen molar-refractivity contribution >= 4 is 28.7 Å². The van der Waals surface area contributed by atoms with E-state index in [4.69, 9.17) is 16.3 Å². The van der Waals surface area contributed by atoms with E-state index in [1.165, 1.54) is 12.1 Å². The molecule has 2 aromatic rings. The van der Waals surface area contributed by atoms with Gasteiger partial charge in [0, 0.05) is 36.0 Å². The number of benzene rings is 2. The summed E-state index contributed by atoms with van der Waals surface area (Å²) < 4.78 is 5.33. The minimum Gasteiger partial charge on any atom is -0.460 e. The van der Waals surface area contributed by atoms with Crippen LogP contribution in [0.3, 0.4) is 0 Å². The highest BCUT2D eigenvalue weighted by Gasteiger charge is 2.65. The van der Waals surface area contributed by atoms with Gasteiger partial charge in [-0.3, -0.25) is 10.1 Å². The molecule has 10 nitrogen and oxygen atoms in total. The number of nitro benzene ring substituents is 1. The number of aliphatic hydroxyl groups is 5. The Balaban J connectivity index is 1.53. The van der Waals surface area contributed by atoms with Crippen LogP contribution in [0.4, 0.5) is 17.1 Å². The lowest BCUT2D eigenvalue weighted by atomic mass is 9.64. The Kier molecular flexibility index (Phi) is 5.54. The molecule has 3 unspecified atom stereocenters.